The largest absolute Gasteiger partial charge is 0.332 e. The van der Waals surface area contributed by atoms with E-state index in [9.17, 15) is 13.2 Å². The first kappa shape index (κ1) is 15.8. The van der Waals surface area contributed by atoms with Crippen molar-refractivity contribution < 1.29 is 17.7 Å². The van der Waals surface area contributed by atoms with Crippen LogP contribution in [-0.4, -0.2) is 35.2 Å². The standard InChI is InChI=1S/C13H14N4O4S/c1-3-22(19,20)7-6-12(18)16-10-4-5-11(14-8-10)13-15-9(2)17-21-13/h3-5,8H,1,6-7H2,2H3,(H,16,18). The molecule has 1 amide bonds. The summed E-state index contributed by atoms with van der Waals surface area (Å²) < 4.78 is 27.4. The number of pyridine rings is 1. The normalized spacial score (nSPS) is 11.1. The van der Waals surface area contributed by atoms with E-state index in [4.69, 9.17) is 4.52 Å². The number of aryl methyl sites for hydroxylation is 1. The number of hydrogen-bond acceptors (Lipinski definition) is 7. The van der Waals surface area contributed by atoms with Gasteiger partial charge in [-0.3, -0.25) is 4.79 Å². The highest BCUT2D eigenvalue weighted by Gasteiger charge is 2.11. The van der Waals surface area contributed by atoms with Gasteiger partial charge in [0.05, 0.1) is 17.6 Å². The number of hydrogen-bond donors (Lipinski definition) is 1. The summed E-state index contributed by atoms with van der Waals surface area (Å²) in [6, 6.07) is 3.23. The van der Waals surface area contributed by atoms with Crippen LogP contribution in [0.1, 0.15) is 12.2 Å². The topological polar surface area (TPSA) is 115 Å². The molecule has 0 saturated heterocycles. The summed E-state index contributed by atoms with van der Waals surface area (Å²) in [5.74, 6) is 0.0772. The first-order chi connectivity index (χ1) is 10.4. The lowest BCUT2D eigenvalue weighted by Gasteiger charge is -2.04. The van der Waals surface area contributed by atoms with Crippen LogP contribution >= 0.6 is 0 Å². The molecule has 0 aromatic carbocycles. The average Bonchev–Trinajstić information content (AvgIpc) is 2.93. The molecular formula is C13H14N4O4S. The highest BCUT2D eigenvalue weighted by Crippen LogP contribution is 2.16. The molecule has 0 spiro atoms. The number of carbonyl (C=O) groups is 1. The fourth-order valence-corrected chi connectivity index (χ4v) is 2.17. The number of rotatable bonds is 6. The summed E-state index contributed by atoms with van der Waals surface area (Å²) in [6.07, 6.45) is 1.27. The molecule has 9 heteroatoms. The zero-order chi connectivity index (χ0) is 16.2. The van der Waals surface area contributed by atoms with E-state index in [1.54, 1.807) is 19.1 Å². The third-order valence-electron chi connectivity index (χ3n) is 2.66. The number of nitrogens with one attached hydrogen (secondary N) is 1. The second kappa shape index (κ2) is 6.48. The maximum Gasteiger partial charge on any atom is 0.276 e. The molecular weight excluding hydrogens is 308 g/mol. The molecule has 0 radical (unpaired) electrons. The Morgan fingerprint density at radius 1 is 1.45 bits per heavy atom. The fraction of sp³-hybridized carbons (Fsp3) is 0.231. The first-order valence-electron chi connectivity index (χ1n) is 6.31. The third kappa shape index (κ3) is 4.22. The SMILES string of the molecule is C=CS(=O)(=O)CCC(=O)Nc1ccc(-c2nc(C)no2)nc1. The van der Waals surface area contributed by atoms with E-state index in [2.05, 4.69) is 27.0 Å². The van der Waals surface area contributed by atoms with E-state index in [1.165, 1.54) is 6.20 Å². The Bertz CT molecular complexity index is 781. The molecule has 0 bridgehead atoms. The van der Waals surface area contributed by atoms with Crippen LogP contribution in [0.5, 0.6) is 0 Å². The van der Waals surface area contributed by atoms with Crippen molar-refractivity contribution in [2.75, 3.05) is 11.1 Å². The van der Waals surface area contributed by atoms with Crippen molar-refractivity contribution in [1.29, 1.82) is 0 Å². The molecule has 116 valence electrons. The summed E-state index contributed by atoms with van der Waals surface area (Å²) in [5, 5.41) is 7.05. The molecule has 0 aliphatic heterocycles. The minimum atomic E-state index is -3.39. The zero-order valence-corrected chi connectivity index (χ0v) is 12.6. The highest BCUT2D eigenvalue weighted by molar-refractivity contribution is 7.94. The summed E-state index contributed by atoms with van der Waals surface area (Å²) >= 11 is 0. The first-order valence-corrected chi connectivity index (χ1v) is 8.03. The lowest BCUT2D eigenvalue weighted by atomic mass is 10.3. The van der Waals surface area contributed by atoms with Crippen molar-refractivity contribution in [1.82, 2.24) is 15.1 Å². The molecule has 2 aromatic heterocycles. The average molecular weight is 322 g/mol. The molecule has 0 saturated carbocycles. The van der Waals surface area contributed by atoms with Crippen molar-refractivity contribution in [3.8, 4) is 11.6 Å². The van der Waals surface area contributed by atoms with Crippen molar-refractivity contribution in [2.24, 2.45) is 0 Å². The molecule has 0 aliphatic rings. The molecule has 8 nitrogen and oxygen atoms in total. The van der Waals surface area contributed by atoms with E-state index in [1.807, 2.05) is 0 Å². The summed E-state index contributed by atoms with van der Waals surface area (Å²) in [5.41, 5.74) is 0.925. The van der Waals surface area contributed by atoms with Gasteiger partial charge < -0.3 is 9.84 Å². The van der Waals surface area contributed by atoms with Gasteiger partial charge in [0.1, 0.15) is 5.69 Å². The Morgan fingerprint density at radius 2 is 2.23 bits per heavy atom. The maximum atomic E-state index is 11.7. The highest BCUT2D eigenvalue weighted by atomic mass is 32.2. The van der Waals surface area contributed by atoms with Crippen LogP contribution in [0.25, 0.3) is 11.6 Å². The van der Waals surface area contributed by atoms with Crippen molar-refractivity contribution in [3.63, 3.8) is 0 Å². The van der Waals surface area contributed by atoms with Gasteiger partial charge in [0.15, 0.2) is 15.7 Å². The molecule has 1 N–H and O–H groups in total. The second-order valence-corrected chi connectivity index (χ2v) is 6.48. The molecule has 22 heavy (non-hydrogen) atoms. The van der Waals surface area contributed by atoms with Gasteiger partial charge >= 0.3 is 0 Å². The quantitative estimate of drug-likeness (QED) is 0.852. The number of carbonyl (C=O) groups excluding carboxylic acids is 1. The lowest BCUT2D eigenvalue weighted by Crippen LogP contribution is -2.16. The smallest absolute Gasteiger partial charge is 0.276 e. The third-order valence-corrected chi connectivity index (χ3v) is 3.94. The van der Waals surface area contributed by atoms with Crippen molar-refractivity contribution >= 4 is 21.4 Å². The molecule has 2 rings (SSSR count). The number of anilines is 1. The number of sulfone groups is 1. The minimum Gasteiger partial charge on any atom is -0.332 e. The molecule has 0 atom stereocenters. The van der Waals surface area contributed by atoms with E-state index in [0.717, 1.165) is 5.41 Å². The van der Waals surface area contributed by atoms with Gasteiger partial charge in [0.25, 0.3) is 5.89 Å². The summed E-state index contributed by atoms with van der Waals surface area (Å²) in [6.45, 7) is 4.88. The Balaban J connectivity index is 1.96. The Hall–Kier alpha value is -2.55. The molecule has 0 fully saturated rings. The number of nitrogens with zero attached hydrogens (tertiary/aromatic N) is 3. The van der Waals surface area contributed by atoms with E-state index in [-0.39, 0.29) is 18.1 Å². The lowest BCUT2D eigenvalue weighted by molar-refractivity contribution is -0.115. The van der Waals surface area contributed by atoms with Gasteiger partial charge in [0.2, 0.25) is 5.91 Å². The fourth-order valence-electron chi connectivity index (χ4n) is 1.54. The van der Waals surface area contributed by atoms with Gasteiger partial charge in [0, 0.05) is 11.8 Å². The Morgan fingerprint density at radius 3 is 2.77 bits per heavy atom. The molecule has 2 heterocycles. The van der Waals surface area contributed by atoms with Gasteiger partial charge in [-0.2, -0.15) is 4.98 Å². The van der Waals surface area contributed by atoms with E-state index >= 15 is 0 Å². The van der Waals surface area contributed by atoms with Crippen LogP contribution < -0.4 is 5.32 Å². The second-order valence-electron chi connectivity index (χ2n) is 4.41. The van der Waals surface area contributed by atoms with Gasteiger partial charge in [-0.25, -0.2) is 13.4 Å². The van der Waals surface area contributed by atoms with Crippen LogP contribution in [0, 0.1) is 6.92 Å². The van der Waals surface area contributed by atoms with Gasteiger partial charge in [-0.1, -0.05) is 11.7 Å². The number of amides is 1. The minimum absolute atomic E-state index is 0.154. The van der Waals surface area contributed by atoms with Crippen LogP contribution in [0.15, 0.2) is 34.8 Å². The Kier molecular flexibility index (Phi) is 4.66. The monoisotopic (exact) mass is 322 g/mol. The van der Waals surface area contributed by atoms with Gasteiger partial charge in [-0.15, -0.1) is 0 Å². The molecule has 0 aliphatic carbocycles. The van der Waals surface area contributed by atoms with Crippen LogP contribution in [-0.2, 0) is 14.6 Å². The van der Waals surface area contributed by atoms with Crippen molar-refractivity contribution in [2.45, 2.75) is 13.3 Å². The van der Waals surface area contributed by atoms with Crippen molar-refractivity contribution in [3.05, 3.63) is 36.1 Å². The number of aromatic nitrogens is 3. The van der Waals surface area contributed by atoms with E-state index in [0.29, 0.717) is 17.2 Å². The van der Waals surface area contributed by atoms with Gasteiger partial charge in [-0.05, 0) is 19.1 Å². The van der Waals surface area contributed by atoms with Crippen LogP contribution in [0.3, 0.4) is 0 Å². The molecule has 2 aromatic rings. The predicted octanol–water partition coefficient (Wildman–Crippen LogP) is 1.33. The van der Waals surface area contributed by atoms with E-state index < -0.39 is 15.7 Å². The summed E-state index contributed by atoms with van der Waals surface area (Å²) in [7, 11) is -3.39. The zero-order valence-electron chi connectivity index (χ0n) is 11.8. The Labute approximate surface area is 127 Å². The van der Waals surface area contributed by atoms with Crippen LogP contribution in [0.4, 0.5) is 5.69 Å². The predicted molar refractivity (Wildman–Crippen MR) is 79.5 cm³/mol. The van der Waals surface area contributed by atoms with Crippen LogP contribution in [0.2, 0.25) is 0 Å². The summed E-state index contributed by atoms with van der Waals surface area (Å²) in [4.78, 5) is 19.8. The maximum absolute atomic E-state index is 11.7. The molecule has 0 unspecified atom stereocenters.